The van der Waals surface area contributed by atoms with Crippen LogP contribution in [-0.2, 0) is 10.0 Å². The fourth-order valence-electron chi connectivity index (χ4n) is 1.72. The molecule has 3 N–H and O–H groups in total. The van der Waals surface area contributed by atoms with Crippen LogP contribution in [-0.4, -0.2) is 56.5 Å². The highest BCUT2D eigenvalue weighted by Crippen LogP contribution is 2.11. The standard InChI is InChI=1S/C10H17N5O2S/c1-14-4-6-15(7-5-14)13-18(16,17)9-2-3-12-10(11)8-9/h2-3,8,13H,4-7H2,1H3,(H2,11,12). The van der Waals surface area contributed by atoms with Gasteiger partial charge in [0.1, 0.15) is 5.82 Å². The van der Waals surface area contributed by atoms with E-state index >= 15 is 0 Å². The average molecular weight is 271 g/mol. The summed E-state index contributed by atoms with van der Waals surface area (Å²) in [6, 6.07) is 2.77. The lowest BCUT2D eigenvalue weighted by Crippen LogP contribution is -2.52. The Bertz CT molecular complexity index is 511. The second kappa shape index (κ2) is 5.19. The van der Waals surface area contributed by atoms with E-state index in [9.17, 15) is 8.42 Å². The molecule has 0 atom stereocenters. The highest BCUT2D eigenvalue weighted by atomic mass is 32.2. The van der Waals surface area contributed by atoms with Gasteiger partial charge in [-0.3, -0.25) is 0 Å². The number of aromatic nitrogens is 1. The van der Waals surface area contributed by atoms with E-state index in [2.05, 4.69) is 14.7 Å². The SMILES string of the molecule is CN1CCN(NS(=O)(=O)c2ccnc(N)c2)CC1. The van der Waals surface area contributed by atoms with E-state index in [1.54, 1.807) is 5.01 Å². The third kappa shape index (κ3) is 3.16. The molecule has 2 rings (SSSR count). The molecule has 0 amide bonds. The first-order valence-electron chi connectivity index (χ1n) is 5.65. The smallest absolute Gasteiger partial charge is 0.253 e. The second-order valence-electron chi connectivity index (χ2n) is 4.30. The fourth-order valence-corrected chi connectivity index (χ4v) is 2.86. The van der Waals surface area contributed by atoms with Gasteiger partial charge in [-0.25, -0.2) is 18.4 Å². The zero-order valence-corrected chi connectivity index (χ0v) is 11.0. The van der Waals surface area contributed by atoms with E-state index in [4.69, 9.17) is 5.73 Å². The van der Waals surface area contributed by atoms with Crippen LogP contribution in [0.2, 0.25) is 0 Å². The van der Waals surface area contributed by atoms with Crippen molar-refractivity contribution in [1.82, 2.24) is 19.7 Å². The predicted octanol–water partition coefficient (Wildman–Crippen LogP) is -0.895. The summed E-state index contributed by atoms with van der Waals surface area (Å²) in [5.74, 6) is 0.191. The van der Waals surface area contributed by atoms with Gasteiger partial charge in [-0.2, -0.15) is 0 Å². The van der Waals surface area contributed by atoms with Gasteiger partial charge in [0.15, 0.2) is 0 Å². The number of pyridine rings is 1. The lowest BCUT2D eigenvalue weighted by molar-refractivity contribution is 0.135. The normalized spacial score (nSPS) is 18.9. The number of nitrogens with two attached hydrogens (primary N) is 1. The quantitative estimate of drug-likeness (QED) is 0.740. The summed E-state index contributed by atoms with van der Waals surface area (Å²) in [6.07, 6.45) is 1.38. The van der Waals surface area contributed by atoms with Crippen molar-refractivity contribution in [3.63, 3.8) is 0 Å². The molecule has 1 aromatic heterocycles. The van der Waals surface area contributed by atoms with Crippen LogP contribution in [0.1, 0.15) is 0 Å². The fraction of sp³-hybridized carbons (Fsp3) is 0.500. The van der Waals surface area contributed by atoms with Crippen LogP contribution in [0.5, 0.6) is 0 Å². The van der Waals surface area contributed by atoms with Crippen LogP contribution < -0.4 is 10.6 Å². The van der Waals surface area contributed by atoms with Gasteiger partial charge in [-0.1, -0.05) is 0 Å². The summed E-state index contributed by atoms with van der Waals surface area (Å²) >= 11 is 0. The van der Waals surface area contributed by atoms with E-state index in [-0.39, 0.29) is 10.7 Å². The van der Waals surface area contributed by atoms with Gasteiger partial charge >= 0.3 is 0 Å². The lowest BCUT2D eigenvalue weighted by atomic mass is 10.4. The van der Waals surface area contributed by atoms with Gasteiger partial charge < -0.3 is 10.6 Å². The first-order valence-corrected chi connectivity index (χ1v) is 7.13. The number of nitrogen functional groups attached to an aromatic ring is 1. The van der Waals surface area contributed by atoms with Crippen molar-refractivity contribution in [2.45, 2.75) is 4.90 Å². The lowest BCUT2D eigenvalue weighted by Gasteiger charge is -2.32. The minimum Gasteiger partial charge on any atom is -0.384 e. The molecule has 0 unspecified atom stereocenters. The van der Waals surface area contributed by atoms with Gasteiger partial charge in [0.05, 0.1) is 4.90 Å². The molecule has 7 nitrogen and oxygen atoms in total. The Morgan fingerprint density at radius 1 is 1.33 bits per heavy atom. The average Bonchev–Trinajstić information content (AvgIpc) is 2.32. The Balaban J connectivity index is 2.08. The first-order chi connectivity index (χ1) is 8.47. The molecule has 1 fully saturated rings. The largest absolute Gasteiger partial charge is 0.384 e. The molecular formula is C10H17N5O2S. The topological polar surface area (TPSA) is 91.6 Å². The Morgan fingerprint density at radius 2 is 2.00 bits per heavy atom. The number of rotatable bonds is 3. The Labute approximate surface area is 107 Å². The molecule has 2 heterocycles. The van der Waals surface area contributed by atoms with Gasteiger partial charge in [0.25, 0.3) is 10.0 Å². The molecule has 8 heteroatoms. The van der Waals surface area contributed by atoms with Gasteiger partial charge in [0.2, 0.25) is 0 Å². The number of hydrazine groups is 1. The molecule has 0 bridgehead atoms. The maximum absolute atomic E-state index is 12.1. The van der Waals surface area contributed by atoms with Gasteiger partial charge in [-0.15, -0.1) is 4.83 Å². The van der Waals surface area contributed by atoms with Crippen LogP contribution in [0.3, 0.4) is 0 Å². The summed E-state index contributed by atoms with van der Waals surface area (Å²) < 4.78 is 24.2. The molecular weight excluding hydrogens is 254 g/mol. The first kappa shape index (κ1) is 13.2. The van der Waals surface area contributed by atoms with Crippen molar-refractivity contribution in [3.05, 3.63) is 18.3 Å². The summed E-state index contributed by atoms with van der Waals surface area (Å²) in [7, 11) is -1.55. The number of likely N-dealkylation sites (N-methyl/N-ethyl adjacent to an activating group) is 1. The van der Waals surface area contributed by atoms with Crippen molar-refractivity contribution < 1.29 is 8.42 Å². The Morgan fingerprint density at radius 3 is 2.61 bits per heavy atom. The van der Waals surface area contributed by atoms with Crippen LogP contribution in [0.4, 0.5) is 5.82 Å². The highest BCUT2D eigenvalue weighted by molar-refractivity contribution is 7.89. The number of nitrogens with zero attached hydrogens (tertiary/aromatic N) is 3. The van der Waals surface area contributed by atoms with Crippen molar-refractivity contribution >= 4 is 15.8 Å². The van der Waals surface area contributed by atoms with Crippen molar-refractivity contribution in [1.29, 1.82) is 0 Å². The van der Waals surface area contributed by atoms with Crippen LogP contribution in [0, 0.1) is 0 Å². The van der Waals surface area contributed by atoms with Gasteiger partial charge in [-0.05, 0) is 13.1 Å². The van der Waals surface area contributed by atoms with Crippen LogP contribution >= 0.6 is 0 Å². The predicted molar refractivity (Wildman–Crippen MR) is 68.0 cm³/mol. The molecule has 1 aliphatic rings. The number of sulfonamides is 1. The minimum absolute atomic E-state index is 0.133. The molecule has 0 saturated carbocycles. The maximum atomic E-state index is 12.1. The van der Waals surface area contributed by atoms with Crippen molar-refractivity contribution in [2.24, 2.45) is 0 Å². The minimum atomic E-state index is -3.56. The van der Waals surface area contributed by atoms with Gasteiger partial charge in [0, 0.05) is 38.4 Å². The Kier molecular flexibility index (Phi) is 3.81. The van der Waals surface area contributed by atoms with Crippen LogP contribution in [0.25, 0.3) is 0 Å². The zero-order chi connectivity index (χ0) is 13.2. The summed E-state index contributed by atoms with van der Waals surface area (Å²) in [6.45, 7) is 2.99. The van der Waals surface area contributed by atoms with E-state index in [0.717, 1.165) is 13.1 Å². The third-order valence-electron chi connectivity index (χ3n) is 2.82. The van der Waals surface area contributed by atoms with Crippen molar-refractivity contribution in [2.75, 3.05) is 39.0 Å². The van der Waals surface area contributed by atoms with E-state index in [1.807, 2.05) is 7.05 Å². The summed E-state index contributed by atoms with van der Waals surface area (Å²) in [4.78, 5) is 8.61. The zero-order valence-electron chi connectivity index (χ0n) is 10.2. The van der Waals surface area contributed by atoms with E-state index < -0.39 is 10.0 Å². The summed E-state index contributed by atoms with van der Waals surface area (Å²) in [5, 5.41) is 1.70. The number of piperazine rings is 1. The molecule has 1 aromatic rings. The molecule has 100 valence electrons. The maximum Gasteiger partial charge on any atom is 0.253 e. The second-order valence-corrected chi connectivity index (χ2v) is 5.96. The molecule has 0 spiro atoms. The number of nitrogens with one attached hydrogen (secondary N) is 1. The van der Waals surface area contributed by atoms with E-state index in [0.29, 0.717) is 13.1 Å². The molecule has 1 aliphatic heterocycles. The molecule has 0 aromatic carbocycles. The van der Waals surface area contributed by atoms with Crippen molar-refractivity contribution in [3.8, 4) is 0 Å². The molecule has 18 heavy (non-hydrogen) atoms. The monoisotopic (exact) mass is 271 g/mol. The summed E-state index contributed by atoms with van der Waals surface area (Å²) in [5.41, 5.74) is 5.48. The third-order valence-corrected chi connectivity index (χ3v) is 4.19. The number of anilines is 1. The number of hydrogen-bond acceptors (Lipinski definition) is 6. The van der Waals surface area contributed by atoms with Crippen LogP contribution in [0.15, 0.2) is 23.2 Å². The highest BCUT2D eigenvalue weighted by Gasteiger charge is 2.21. The Hall–Kier alpha value is -1.22. The molecule has 0 aliphatic carbocycles. The molecule has 0 radical (unpaired) electrons. The number of hydrogen-bond donors (Lipinski definition) is 2. The van der Waals surface area contributed by atoms with E-state index in [1.165, 1.54) is 18.3 Å². The molecule has 1 saturated heterocycles.